The monoisotopic (exact) mass is 457 g/mol. The van der Waals surface area contributed by atoms with E-state index >= 15 is 0 Å². The van der Waals surface area contributed by atoms with Gasteiger partial charge in [0.2, 0.25) is 5.91 Å². The number of carbonyl (C=O) groups is 2. The first-order valence-electron chi connectivity index (χ1n) is 9.55. The molecule has 1 aliphatic rings. The molecule has 1 atom stereocenters. The first kappa shape index (κ1) is 21.5. The second-order valence-corrected chi connectivity index (χ2v) is 9.43. The summed E-state index contributed by atoms with van der Waals surface area (Å²) < 4.78 is 13.4. The van der Waals surface area contributed by atoms with Crippen molar-refractivity contribution in [3.63, 3.8) is 0 Å². The number of anilines is 1. The van der Waals surface area contributed by atoms with Gasteiger partial charge in [0.1, 0.15) is 5.82 Å². The molecule has 1 amide bonds. The quantitative estimate of drug-likeness (QED) is 0.452. The van der Waals surface area contributed by atoms with Gasteiger partial charge in [0.25, 0.3) is 0 Å². The number of nitrogens with one attached hydrogen (secondary N) is 2. The number of amides is 1. The summed E-state index contributed by atoms with van der Waals surface area (Å²) in [7, 11) is 0. The van der Waals surface area contributed by atoms with Crippen molar-refractivity contribution in [1.29, 1.82) is 0 Å². The fraction of sp³-hybridized carbons (Fsp3) is 0.227. The lowest BCUT2D eigenvalue weighted by Gasteiger charge is -2.19. The highest BCUT2D eigenvalue weighted by Crippen LogP contribution is 2.34. The predicted molar refractivity (Wildman–Crippen MR) is 124 cm³/mol. The zero-order chi connectivity index (χ0) is 22.0. The van der Waals surface area contributed by atoms with Crippen LogP contribution < -0.4 is 5.32 Å². The van der Waals surface area contributed by atoms with Crippen molar-refractivity contribution in [2.45, 2.75) is 23.8 Å². The maximum atomic E-state index is 13.4. The van der Waals surface area contributed by atoms with Gasteiger partial charge in [-0.2, -0.15) is 0 Å². The molecule has 0 aliphatic carbocycles. The Labute approximate surface area is 186 Å². The van der Waals surface area contributed by atoms with E-state index in [2.05, 4.69) is 15.3 Å². The molecule has 0 saturated carbocycles. The zero-order valence-electron chi connectivity index (χ0n) is 16.6. The summed E-state index contributed by atoms with van der Waals surface area (Å²) >= 11 is 3.02. The Morgan fingerprint density at radius 1 is 1.26 bits per heavy atom. The maximum Gasteiger partial charge on any atom is 0.332 e. The Morgan fingerprint density at radius 3 is 2.74 bits per heavy atom. The van der Waals surface area contributed by atoms with Crippen molar-refractivity contribution >= 4 is 57.0 Å². The molecule has 1 unspecified atom stereocenters. The number of aromatic amines is 1. The SMILES string of the molecule is CC(=O)Nc1ccc(SCC2=NC(Cc3cc4ccc(F)cc4[nH]3)(C(=O)O)CS2)cc1. The number of H-pyrrole nitrogens is 1. The summed E-state index contributed by atoms with van der Waals surface area (Å²) in [6, 6.07) is 13.8. The Morgan fingerprint density at radius 2 is 2.03 bits per heavy atom. The normalized spacial score (nSPS) is 18.2. The molecule has 9 heteroatoms. The van der Waals surface area contributed by atoms with Crippen LogP contribution in [-0.2, 0) is 16.0 Å². The molecule has 2 heterocycles. The summed E-state index contributed by atoms with van der Waals surface area (Å²) in [5, 5.41) is 14.3. The number of aromatic nitrogens is 1. The van der Waals surface area contributed by atoms with Crippen LogP contribution in [-0.4, -0.2) is 44.1 Å². The molecule has 0 fully saturated rings. The van der Waals surface area contributed by atoms with Crippen LogP contribution in [0.4, 0.5) is 10.1 Å². The highest BCUT2D eigenvalue weighted by Gasteiger charge is 2.43. The largest absolute Gasteiger partial charge is 0.479 e. The van der Waals surface area contributed by atoms with E-state index in [0.717, 1.165) is 26.7 Å². The van der Waals surface area contributed by atoms with Crippen molar-refractivity contribution in [1.82, 2.24) is 4.98 Å². The van der Waals surface area contributed by atoms with E-state index in [4.69, 9.17) is 0 Å². The number of carboxylic acids is 1. The lowest BCUT2D eigenvalue weighted by molar-refractivity contribution is -0.142. The van der Waals surface area contributed by atoms with Crippen LogP contribution in [0.5, 0.6) is 0 Å². The lowest BCUT2D eigenvalue weighted by atomic mass is 9.96. The number of thioether (sulfide) groups is 2. The number of fused-ring (bicyclic) bond motifs is 1. The average Bonchev–Trinajstić information content (AvgIpc) is 3.31. The summed E-state index contributed by atoms with van der Waals surface area (Å²) in [5.74, 6) is -0.514. The molecule has 4 rings (SSSR count). The summed E-state index contributed by atoms with van der Waals surface area (Å²) in [4.78, 5) is 31.9. The van der Waals surface area contributed by atoms with Crippen molar-refractivity contribution in [2.24, 2.45) is 4.99 Å². The van der Waals surface area contributed by atoms with Crippen molar-refractivity contribution in [3.8, 4) is 0 Å². The second kappa shape index (κ2) is 8.76. The number of aliphatic carboxylic acids is 1. The third-order valence-electron chi connectivity index (χ3n) is 4.87. The number of carboxylic acid groups (broad SMARTS) is 1. The molecule has 160 valence electrons. The number of carbonyl (C=O) groups excluding carboxylic acids is 1. The van der Waals surface area contributed by atoms with Gasteiger partial charge in [-0.05, 0) is 53.9 Å². The van der Waals surface area contributed by atoms with E-state index in [1.54, 1.807) is 17.8 Å². The average molecular weight is 458 g/mol. The minimum atomic E-state index is -1.24. The number of halogens is 1. The van der Waals surface area contributed by atoms with Crippen molar-refractivity contribution in [2.75, 3.05) is 16.8 Å². The van der Waals surface area contributed by atoms with Crippen LogP contribution in [0.3, 0.4) is 0 Å². The fourth-order valence-electron chi connectivity index (χ4n) is 3.41. The van der Waals surface area contributed by atoms with Crippen LogP contribution >= 0.6 is 23.5 Å². The molecule has 1 aliphatic heterocycles. The van der Waals surface area contributed by atoms with E-state index < -0.39 is 11.5 Å². The summed E-state index contributed by atoms with van der Waals surface area (Å²) in [5.41, 5.74) is 0.848. The molecule has 3 aromatic rings. The van der Waals surface area contributed by atoms with Crippen molar-refractivity contribution in [3.05, 3.63) is 60.0 Å². The lowest BCUT2D eigenvalue weighted by Crippen LogP contribution is -2.39. The number of hydrogen-bond acceptors (Lipinski definition) is 5. The molecule has 3 N–H and O–H groups in total. The molecule has 2 aromatic carbocycles. The van der Waals surface area contributed by atoms with Gasteiger partial charge in [-0.3, -0.25) is 9.79 Å². The minimum Gasteiger partial charge on any atom is -0.479 e. The molecule has 1 aromatic heterocycles. The standard InChI is InChI=1S/C22H20FN3O3S2/c1-13(27)24-16-4-6-18(7-5-16)30-11-20-26-22(12-31-20,21(28)29)10-17-8-14-2-3-15(23)9-19(14)25-17/h2-9,25H,10-12H2,1H3,(H,24,27)(H,28,29). The van der Waals surface area contributed by atoms with E-state index in [1.807, 2.05) is 30.3 Å². The molecule has 0 bridgehead atoms. The topological polar surface area (TPSA) is 94.5 Å². The molecule has 6 nitrogen and oxygen atoms in total. The minimum absolute atomic E-state index is 0.123. The van der Waals surface area contributed by atoms with Gasteiger partial charge in [-0.1, -0.05) is 0 Å². The molecule has 0 spiro atoms. The van der Waals surface area contributed by atoms with Gasteiger partial charge < -0.3 is 15.4 Å². The third kappa shape index (κ3) is 4.94. The maximum absolute atomic E-state index is 13.4. The third-order valence-corrected chi connectivity index (χ3v) is 7.27. The number of nitrogens with zero attached hydrogens (tertiary/aromatic N) is 1. The number of benzene rings is 2. The van der Waals surface area contributed by atoms with Crippen LogP contribution in [0, 0.1) is 5.82 Å². The van der Waals surface area contributed by atoms with Crippen LogP contribution in [0.2, 0.25) is 0 Å². The van der Waals surface area contributed by atoms with Crippen molar-refractivity contribution < 1.29 is 19.1 Å². The van der Waals surface area contributed by atoms with E-state index in [1.165, 1.54) is 30.8 Å². The Kier molecular flexibility index (Phi) is 6.06. The molecular weight excluding hydrogens is 437 g/mol. The van der Waals surface area contributed by atoms with Gasteiger partial charge >= 0.3 is 5.97 Å². The van der Waals surface area contributed by atoms with Gasteiger partial charge in [0.05, 0.1) is 5.04 Å². The first-order chi connectivity index (χ1) is 14.8. The highest BCUT2D eigenvalue weighted by atomic mass is 32.2. The molecule has 0 radical (unpaired) electrons. The van der Waals surface area contributed by atoms with Gasteiger partial charge in [0, 0.05) is 46.6 Å². The smallest absolute Gasteiger partial charge is 0.332 e. The Balaban J connectivity index is 1.46. The summed E-state index contributed by atoms with van der Waals surface area (Å²) in [6.45, 7) is 1.46. The van der Waals surface area contributed by atoms with Gasteiger partial charge in [0.15, 0.2) is 5.54 Å². The number of aliphatic imine (C=N–C) groups is 1. The summed E-state index contributed by atoms with van der Waals surface area (Å²) in [6.07, 6.45) is 0.214. The van der Waals surface area contributed by atoms with Gasteiger partial charge in [-0.15, -0.1) is 23.5 Å². The molecular formula is C22H20FN3O3S2. The Bertz CT molecular complexity index is 1180. The fourth-order valence-corrected chi connectivity index (χ4v) is 5.54. The zero-order valence-corrected chi connectivity index (χ0v) is 18.3. The number of rotatable bonds is 7. The Hall–Kier alpha value is -2.78. The van der Waals surface area contributed by atoms with Gasteiger partial charge in [-0.25, -0.2) is 9.18 Å². The first-order valence-corrected chi connectivity index (χ1v) is 11.5. The van der Waals surface area contributed by atoms with E-state index in [9.17, 15) is 19.1 Å². The second-order valence-electron chi connectivity index (χ2n) is 7.33. The number of hydrogen-bond donors (Lipinski definition) is 3. The van der Waals surface area contributed by atoms with Crippen LogP contribution in [0.25, 0.3) is 10.9 Å². The van der Waals surface area contributed by atoms with Crippen LogP contribution in [0.1, 0.15) is 12.6 Å². The predicted octanol–water partition coefficient (Wildman–Crippen LogP) is 4.57. The highest BCUT2D eigenvalue weighted by molar-refractivity contribution is 8.16. The molecule has 31 heavy (non-hydrogen) atoms. The molecule has 0 saturated heterocycles. The van der Waals surface area contributed by atoms with Crippen LogP contribution in [0.15, 0.2) is 58.4 Å². The van der Waals surface area contributed by atoms with E-state index in [-0.39, 0.29) is 18.1 Å². The van der Waals surface area contributed by atoms with E-state index in [0.29, 0.717) is 17.0 Å².